The van der Waals surface area contributed by atoms with E-state index in [2.05, 4.69) is 10.0 Å². The van der Waals surface area contributed by atoms with Gasteiger partial charge in [0.15, 0.2) is 0 Å². The van der Waals surface area contributed by atoms with Gasteiger partial charge < -0.3 is 4.74 Å². The van der Waals surface area contributed by atoms with Crippen LogP contribution in [0.15, 0.2) is 5.11 Å². The maximum absolute atomic E-state index is 8.23. The zero-order chi connectivity index (χ0) is 7.68. The summed E-state index contributed by atoms with van der Waals surface area (Å²) < 4.78 is 5.59. The van der Waals surface area contributed by atoms with E-state index in [1.54, 1.807) is 0 Å². The van der Waals surface area contributed by atoms with Crippen LogP contribution >= 0.6 is 0 Å². The van der Waals surface area contributed by atoms with Crippen molar-refractivity contribution in [1.82, 2.24) is 0 Å². The van der Waals surface area contributed by atoms with Crippen LogP contribution in [0.3, 0.4) is 0 Å². The summed E-state index contributed by atoms with van der Waals surface area (Å²) >= 11 is 0. The molecule has 2 heterocycles. The van der Waals surface area contributed by atoms with Crippen LogP contribution in [0.1, 0.15) is 25.7 Å². The second-order valence-corrected chi connectivity index (χ2v) is 3.29. The highest BCUT2D eigenvalue weighted by Gasteiger charge is 2.34. The lowest BCUT2D eigenvalue weighted by atomic mass is 10.1. The predicted octanol–water partition coefficient (Wildman–Crippen LogP) is 2.01. The van der Waals surface area contributed by atoms with Crippen LogP contribution in [0.25, 0.3) is 10.4 Å². The van der Waals surface area contributed by atoms with E-state index in [4.69, 9.17) is 10.3 Å². The minimum Gasteiger partial charge on any atom is -0.375 e. The molecule has 4 heteroatoms. The third-order valence-corrected chi connectivity index (χ3v) is 2.48. The molecule has 2 saturated heterocycles. The van der Waals surface area contributed by atoms with E-state index in [1.165, 1.54) is 0 Å². The summed E-state index contributed by atoms with van der Waals surface area (Å²) in [7, 11) is 0. The summed E-state index contributed by atoms with van der Waals surface area (Å²) in [5.41, 5.74) is 8.23. The number of fused-ring (bicyclic) bond motifs is 2. The van der Waals surface area contributed by atoms with Gasteiger partial charge in [0.2, 0.25) is 0 Å². The fraction of sp³-hybridized carbons (Fsp3) is 1.00. The van der Waals surface area contributed by atoms with Crippen LogP contribution in [0.4, 0.5) is 0 Å². The van der Waals surface area contributed by atoms with Gasteiger partial charge in [-0.05, 0) is 31.2 Å². The quantitative estimate of drug-likeness (QED) is 0.323. The summed E-state index contributed by atoms with van der Waals surface area (Å²) in [6.45, 7) is 0. The van der Waals surface area contributed by atoms with Crippen molar-refractivity contribution in [3.63, 3.8) is 0 Å². The molecular formula is C7H11N3O. The second-order valence-electron chi connectivity index (χ2n) is 3.29. The maximum atomic E-state index is 8.23. The van der Waals surface area contributed by atoms with E-state index in [1.807, 2.05) is 0 Å². The molecule has 0 radical (unpaired) electrons. The molecule has 2 aliphatic heterocycles. The van der Waals surface area contributed by atoms with Crippen molar-refractivity contribution in [2.45, 2.75) is 43.9 Å². The number of nitrogens with zero attached hydrogens (tertiary/aromatic N) is 3. The van der Waals surface area contributed by atoms with Gasteiger partial charge in [0.25, 0.3) is 0 Å². The number of rotatable bonds is 1. The van der Waals surface area contributed by atoms with Crippen molar-refractivity contribution < 1.29 is 4.74 Å². The van der Waals surface area contributed by atoms with Crippen molar-refractivity contribution in [3.8, 4) is 0 Å². The monoisotopic (exact) mass is 153 g/mol. The van der Waals surface area contributed by atoms with Crippen LogP contribution in [-0.4, -0.2) is 18.2 Å². The molecule has 60 valence electrons. The first kappa shape index (κ1) is 6.95. The van der Waals surface area contributed by atoms with Crippen LogP contribution in [0.5, 0.6) is 0 Å². The Hall–Kier alpha value is -0.730. The Bertz CT molecular complexity index is 188. The Labute approximate surface area is 65.2 Å². The topological polar surface area (TPSA) is 58.0 Å². The predicted molar refractivity (Wildman–Crippen MR) is 40.1 cm³/mol. The van der Waals surface area contributed by atoms with E-state index in [-0.39, 0.29) is 6.04 Å². The molecule has 0 saturated carbocycles. The van der Waals surface area contributed by atoms with Crippen molar-refractivity contribution >= 4 is 0 Å². The lowest BCUT2D eigenvalue weighted by Crippen LogP contribution is -2.26. The van der Waals surface area contributed by atoms with E-state index < -0.39 is 0 Å². The highest BCUT2D eigenvalue weighted by molar-refractivity contribution is 4.87. The third-order valence-electron chi connectivity index (χ3n) is 2.48. The molecule has 0 aromatic carbocycles. The number of ether oxygens (including phenoxy) is 1. The second kappa shape index (κ2) is 2.72. The summed E-state index contributed by atoms with van der Waals surface area (Å²) in [6, 6.07) is 0.200. The minimum atomic E-state index is 0.200. The van der Waals surface area contributed by atoms with Crippen molar-refractivity contribution in [3.05, 3.63) is 10.4 Å². The van der Waals surface area contributed by atoms with Crippen molar-refractivity contribution in [2.75, 3.05) is 0 Å². The van der Waals surface area contributed by atoms with Gasteiger partial charge in [-0.2, -0.15) is 0 Å². The first-order valence-electron chi connectivity index (χ1n) is 4.08. The molecule has 0 aliphatic carbocycles. The number of hydrogen-bond acceptors (Lipinski definition) is 2. The smallest absolute Gasteiger partial charge is 0.0583 e. The molecule has 2 bridgehead atoms. The standard InChI is InChI=1S/C7H11N3O/c8-10-9-5-3-6-1-2-7(4-5)11-6/h5-7H,1-4H2. The highest BCUT2D eigenvalue weighted by Crippen LogP contribution is 2.33. The Kier molecular flexibility index (Phi) is 1.72. The molecule has 0 spiro atoms. The third kappa shape index (κ3) is 1.32. The lowest BCUT2D eigenvalue weighted by Gasteiger charge is -2.24. The Morgan fingerprint density at radius 1 is 1.27 bits per heavy atom. The zero-order valence-electron chi connectivity index (χ0n) is 6.31. The maximum Gasteiger partial charge on any atom is 0.0583 e. The summed E-state index contributed by atoms with van der Waals surface area (Å²) in [6.07, 6.45) is 4.93. The van der Waals surface area contributed by atoms with Crippen LogP contribution in [-0.2, 0) is 4.74 Å². The molecular weight excluding hydrogens is 142 g/mol. The Morgan fingerprint density at radius 3 is 2.45 bits per heavy atom. The van der Waals surface area contributed by atoms with Gasteiger partial charge in [-0.25, -0.2) is 0 Å². The first-order chi connectivity index (χ1) is 5.38. The lowest BCUT2D eigenvalue weighted by molar-refractivity contribution is -0.00228. The zero-order valence-corrected chi connectivity index (χ0v) is 6.31. The van der Waals surface area contributed by atoms with E-state index in [0.717, 1.165) is 25.7 Å². The van der Waals surface area contributed by atoms with Gasteiger partial charge >= 0.3 is 0 Å². The number of azide groups is 1. The Balaban J connectivity index is 2.02. The van der Waals surface area contributed by atoms with Gasteiger partial charge in [-0.3, -0.25) is 0 Å². The highest BCUT2D eigenvalue weighted by atomic mass is 16.5. The molecule has 2 unspecified atom stereocenters. The molecule has 2 atom stereocenters. The van der Waals surface area contributed by atoms with E-state index in [0.29, 0.717) is 12.2 Å². The normalized spacial score (nSPS) is 41.6. The molecule has 0 N–H and O–H groups in total. The minimum absolute atomic E-state index is 0.200. The molecule has 0 aromatic heterocycles. The molecule has 2 rings (SSSR count). The summed E-state index contributed by atoms with van der Waals surface area (Å²) in [5.74, 6) is 0. The van der Waals surface area contributed by atoms with Gasteiger partial charge in [0, 0.05) is 11.0 Å². The van der Waals surface area contributed by atoms with Gasteiger partial charge in [0.1, 0.15) is 0 Å². The van der Waals surface area contributed by atoms with Crippen molar-refractivity contribution in [2.24, 2.45) is 5.11 Å². The van der Waals surface area contributed by atoms with Gasteiger partial charge in [0.05, 0.1) is 12.2 Å². The molecule has 4 nitrogen and oxygen atoms in total. The number of hydrogen-bond donors (Lipinski definition) is 0. The van der Waals surface area contributed by atoms with Crippen LogP contribution in [0.2, 0.25) is 0 Å². The molecule has 11 heavy (non-hydrogen) atoms. The largest absolute Gasteiger partial charge is 0.375 e. The van der Waals surface area contributed by atoms with Gasteiger partial charge in [-0.15, -0.1) is 0 Å². The van der Waals surface area contributed by atoms with Gasteiger partial charge in [-0.1, -0.05) is 5.11 Å². The van der Waals surface area contributed by atoms with E-state index in [9.17, 15) is 0 Å². The molecule has 0 amide bonds. The van der Waals surface area contributed by atoms with Crippen LogP contribution in [0, 0.1) is 0 Å². The molecule has 0 aromatic rings. The molecule has 2 fully saturated rings. The first-order valence-corrected chi connectivity index (χ1v) is 4.08. The summed E-state index contributed by atoms with van der Waals surface area (Å²) in [5, 5.41) is 3.72. The van der Waals surface area contributed by atoms with Crippen LogP contribution < -0.4 is 0 Å². The fourth-order valence-electron chi connectivity index (χ4n) is 2.00. The fourth-order valence-corrected chi connectivity index (χ4v) is 2.00. The summed E-state index contributed by atoms with van der Waals surface area (Å²) in [4.78, 5) is 2.83. The average molecular weight is 153 g/mol. The SMILES string of the molecule is [N-]=[N+]=NC1CC2CCC(C1)O2. The van der Waals surface area contributed by atoms with Crippen molar-refractivity contribution in [1.29, 1.82) is 0 Å². The molecule has 2 aliphatic rings. The van der Waals surface area contributed by atoms with E-state index >= 15 is 0 Å². The Morgan fingerprint density at radius 2 is 1.91 bits per heavy atom. The average Bonchev–Trinajstić information content (AvgIpc) is 2.32.